The van der Waals surface area contributed by atoms with E-state index in [9.17, 15) is 9.90 Å². The summed E-state index contributed by atoms with van der Waals surface area (Å²) in [4.78, 5) is 10.5. The van der Waals surface area contributed by atoms with Gasteiger partial charge >= 0.3 is 0 Å². The molecule has 0 saturated heterocycles. The third kappa shape index (κ3) is 3.53. The van der Waals surface area contributed by atoms with Gasteiger partial charge in [-0.1, -0.05) is 25.2 Å². The van der Waals surface area contributed by atoms with E-state index >= 15 is 0 Å². The topological polar surface area (TPSA) is 37.3 Å². The molecule has 0 bridgehead atoms. The molecule has 1 N–H and O–H groups in total. The second-order valence-corrected chi connectivity index (χ2v) is 5.55. The second kappa shape index (κ2) is 5.63. The molecule has 0 aromatic heterocycles. The van der Waals surface area contributed by atoms with Crippen LogP contribution in [0.25, 0.3) is 0 Å². The summed E-state index contributed by atoms with van der Waals surface area (Å²) in [6, 6.07) is 0. The van der Waals surface area contributed by atoms with Gasteiger partial charge in [-0.3, -0.25) is 4.79 Å². The number of hydrogen-bond acceptors (Lipinski definition) is 2. The third-order valence-corrected chi connectivity index (χ3v) is 4.19. The zero-order valence-electron chi connectivity index (χ0n) is 11.2. The van der Waals surface area contributed by atoms with Crippen LogP contribution in [0.15, 0.2) is 23.8 Å². The van der Waals surface area contributed by atoms with Crippen molar-refractivity contribution in [3.05, 3.63) is 23.8 Å². The molecule has 1 rings (SSSR count). The Labute approximate surface area is 104 Å². The average molecular weight is 236 g/mol. The summed E-state index contributed by atoms with van der Waals surface area (Å²) < 4.78 is 0. The molecule has 96 valence electrons. The fourth-order valence-corrected chi connectivity index (χ4v) is 2.64. The predicted octanol–water partition coefficient (Wildman–Crippen LogP) is 3.27. The van der Waals surface area contributed by atoms with Gasteiger partial charge in [0, 0.05) is 0 Å². The summed E-state index contributed by atoms with van der Waals surface area (Å²) in [5.41, 5.74) is 1.46. The van der Waals surface area contributed by atoms with Crippen LogP contribution in [0.2, 0.25) is 0 Å². The zero-order chi connectivity index (χ0) is 13.1. The summed E-state index contributed by atoms with van der Waals surface area (Å²) in [6.07, 6.45) is 6.51. The Balaban J connectivity index is 2.47. The van der Waals surface area contributed by atoms with Crippen LogP contribution in [0.3, 0.4) is 0 Å². The standard InChI is InChI=1S/C15H24O2/c1-11(10-16)6-5-7-12(2)14-8-9-15(4,17)13(14)3/h6,10,13-14,17H,2,5,7-9H2,1,3-4H3/b11-6+/t13-,14-,15+/m0/s1. The number of aliphatic hydroxyl groups is 1. The number of carbonyl (C=O) groups excluding carboxylic acids is 1. The van der Waals surface area contributed by atoms with Crippen LogP contribution in [0.4, 0.5) is 0 Å². The van der Waals surface area contributed by atoms with Crippen molar-refractivity contribution in [2.75, 3.05) is 0 Å². The van der Waals surface area contributed by atoms with E-state index in [0.29, 0.717) is 5.92 Å². The molecule has 0 spiro atoms. The van der Waals surface area contributed by atoms with Gasteiger partial charge in [0.25, 0.3) is 0 Å². The van der Waals surface area contributed by atoms with E-state index in [2.05, 4.69) is 13.5 Å². The highest BCUT2D eigenvalue weighted by Gasteiger charge is 2.41. The van der Waals surface area contributed by atoms with Crippen LogP contribution in [-0.2, 0) is 4.79 Å². The predicted molar refractivity (Wildman–Crippen MR) is 70.7 cm³/mol. The number of aldehydes is 1. The number of rotatable bonds is 5. The molecule has 1 aliphatic carbocycles. The molecule has 1 aliphatic rings. The molecule has 2 nitrogen and oxygen atoms in total. The van der Waals surface area contributed by atoms with Crippen LogP contribution < -0.4 is 0 Å². The van der Waals surface area contributed by atoms with Crippen molar-refractivity contribution >= 4 is 6.29 Å². The minimum absolute atomic E-state index is 0.283. The van der Waals surface area contributed by atoms with Crippen LogP contribution in [0, 0.1) is 11.8 Å². The van der Waals surface area contributed by atoms with Crippen LogP contribution in [-0.4, -0.2) is 17.0 Å². The van der Waals surface area contributed by atoms with Gasteiger partial charge in [0.15, 0.2) is 0 Å². The van der Waals surface area contributed by atoms with Gasteiger partial charge in [0.05, 0.1) is 5.60 Å². The largest absolute Gasteiger partial charge is 0.390 e. The van der Waals surface area contributed by atoms with Gasteiger partial charge < -0.3 is 5.11 Å². The lowest BCUT2D eigenvalue weighted by Crippen LogP contribution is -2.29. The average Bonchev–Trinajstić information content (AvgIpc) is 2.54. The Kier molecular flexibility index (Phi) is 4.70. The first-order chi connectivity index (χ1) is 7.88. The molecule has 0 aromatic rings. The molecule has 0 amide bonds. The number of carbonyl (C=O) groups is 1. The van der Waals surface area contributed by atoms with E-state index in [-0.39, 0.29) is 5.92 Å². The van der Waals surface area contributed by atoms with Crippen LogP contribution in [0.5, 0.6) is 0 Å². The van der Waals surface area contributed by atoms with Crippen molar-refractivity contribution in [3.8, 4) is 0 Å². The lowest BCUT2D eigenvalue weighted by molar-refractivity contribution is -0.104. The maximum Gasteiger partial charge on any atom is 0.145 e. The van der Waals surface area contributed by atoms with E-state index in [4.69, 9.17) is 0 Å². The number of hydrogen-bond donors (Lipinski definition) is 1. The van der Waals surface area contributed by atoms with E-state index in [1.54, 1.807) is 0 Å². The summed E-state index contributed by atoms with van der Waals surface area (Å²) in [7, 11) is 0. The van der Waals surface area contributed by atoms with Gasteiger partial charge in [0.1, 0.15) is 6.29 Å². The first kappa shape index (κ1) is 14.2. The fourth-order valence-electron chi connectivity index (χ4n) is 2.64. The van der Waals surface area contributed by atoms with E-state index in [1.165, 1.54) is 5.57 Å². The van der Waals surface area contributed by atoms with Crippen molar-refractivity contribution in [2.24, 2.45) is 11.8 Å². The van der Waals surface area contributed by atoms with Crippen molar-refractivity contribution in [1.82, 2.24) is 0 Å². The van der Waals surface area contributed by atoms with E-state index < -0.39 is 5.60 Å². The molecule has 1 fully saturated rings. The Hall–Kier alpha value is -0.890. The highest BCUT2D eigenvalue weighted by molar-refractivity contribution is 5.71. The minimum Gasteiger partial charge on any atom is -0.390 e. The monoisotopic (exact) mass is 236 g/mol. The number of allylic oxidation sites excluding steroid dienone is 3. The van der Waals surface area contributed by atoms with E-state index in [0.717, 1.165) is 37.5 Å². The van der Waals surface area contributed by atoms with Gasteiger partial charge in [0.2, 0.25) is 0 Å². The van der Waals surface area contributed by atoms with Gasteiger partial charge in [-0.25, -0.2) is 0 Å². The smallest absolute Gasteiger partial charge is 0.145 e. The SMILES string of the molecule is C=C(CC/C=C(\C)C=O)[C@@H]1CC[C@@](C)(O)[C@H]1C. The lowest BCUT2D eigenvalue weighted by Gasteiger charge is -2.26. The van der Waals surface area contributed by atoms with Gasteiger partial charge in [-0.2, -0.15) is 0 Å². The maximum atomic E-state index is 10.5. The van der Waals surface area contributed by atoms with Crippen LogP contribution in [0.1, 0.15) is 46.5 Å². The molecule has 2 heteroatoms. The van der Waals surface area contributed by atoms with E-state index in [1.807, 2.05) is 19.9 Å². The summed E-state index contributed by atoms with van der Waals surface area (Å²) >= 11 is 0. The second-order valence-electron chi connectivity index (χ2n) is 5.55. The van der Waals surface area contributed by atoms with Crippen molar-refractivity contribution in [2.45, 2.75) is 52.1 Å². The molecule has 0 heterocycles. The van der Waals surface area contributed by atoms with Crippen molar-refractivity contribution in [3.63, 3.8) is 0 Å². The van der Waals surface area contributed by atoms with Crippen molar-refractivity contribution < 1.29 is 9.90 Å². The maximum absolute atomic E-state index is 10.5. The Morgan fingerprint density at radius 2 is 2.24 bits per heavy atom. The first-order valence-electron chi connectivity index (χ1n) is 6.40. The fraction of sp³-hybridized carbons (Fsp3) is 0.667. The molecule has 1 saturated carbocycles. The molecule has 3 atom stereocenters. The quantitative estimate of drug-likeness (QED) is 0.452. The molecule has 0 aliphatic heterocycles. The zero-order valence-corrected chi connectivity index (χ0v) is 11.2. The van der Waals surface area contributed by atoms with Gasteiger partial charge in [-0.05, 0) is 56.9 Å². The Morgan fingerprint density at radius 3 is 2.71 bits per heavy atom. The first-order valence-corrected chi connectivity index (χ1v) is 6.40. The normalized spacial score (nSPS) is 33.8. The highest BCUT2D eigenvalue weighted by atomic mass is 16.3. The van der Waals surface area contributed by atoms with Gasteiger partial charge in [-0.15, -0.1) is 0 Å². The molecule has 0 aromatic carbocycles. The molecule has 17 heavy (non-hydrogen) atoms. The molecular weight excluding hydrogens is 212 g/mol. The molecular formula is C15H24O2. The van der Waals surface area contributed by atoms with Crippen LogP contribution >= 0.6 is 0 Å². The molecule has 0 radical (unpaired) electrons. The highest BCUT2D eigenvalue weighted by Crippen LogP contribution is 2.43. The lowest BCUT2D eigenvalue weighted by atomic mass is 9.83. The summed E-state index contributed by atoms with van der Waals surface area (Å²) in [5, 5.41) is 10.1. The molecule has 0 unspecified atom stereocenters. The Morgan fingerprint density at radius 1 is 1.59 bits per heavy atom. The summed E-state index contributed by atoms with van der Waals surface area (Å²) in [5.74, 6) is 0.709. The summed E-state index contributed by atoms with van der Waals surface area (Å²) in [6.45, 7) is 9.99. The minimum atomic E-state index is -0.540. The van der Waals surface area contributed by atoms with Crippen molar-refractivity contribution in [1.29, 1.82) is 0 Å². The third-order valence-electron chi connectivity index (χ3n) is 4.19. The Bertz CT molecular complexity index is 326.